The van der Waals surface area contributed by atoms with Crippen LogP contribution < -0.4 is 10.2 Å². The van der Waals surface area contributed by atoms with Crippen LogP contribution in [0.4, 0.5) is 0 Å². The lowest BCUT2D eigenvalue weighted by Crippen LogP contribution is -3.08. The molecular formula is C16H20BrN2OS+. The van der Waals surface area contributed by atoms with Crippen LogP contribution in [-0.4, -0.2) is 19.5 Å². The van der Waals surface area contributed by atoms with Crippen molar-refractivity contribution in [2.24, 2.45) is 0 Å². The topological polar surface area (TPSA) is 33.5 Å². The summed E-state index contributed by atoms with van der Waals surface area (Å²) >= 11 is 5.18. The predicted molar refractivity (Wildman–Crippen MR) is 90.5 cm³/mol. The fourth-order valence-corrected chi connectivity index (χ4v) is 3.74. The first-order valence-electron chi connectivity index (χ1n) is 6.91. The molecule has 0 spiro atoms. The smallest absolute Gasteiger partial charge is 0.275 e. The number of benzene rings is 1. The minimum atomic E-state index is 0.0892. The van der Waals surface area contributed by atoms with Gasteiger partial charge in [-0.1, -0.05) is 24.3 Å². The van der Waals surface area contributed by atoms with Crippen molar-refractivity contribution in [3.05, 3.63) is 56.2 Å². The lowest BCUT2D eigenvalue weighted by atomic mass is 10.1. The molecule has 0 aliphatic heterocycles. The van der Waals surface area contributed by atoms with E-state index in [0.717, 1.165) is 10.3 Å². The molecule has 2 rings (SSSR count). The summed E-state index contributed by atoms with van der Waals surface area (Å²) in [6.07, 6.45) is 0. The highest BCUT2D eigenvalue weighted by Crippen LogP contribution is 2.21. The minimum Gasteiger partial charge on any atom is -0.347 e. The van der Waals surface area contributed by atoms with Crippen molar-refractivity contribution in [1.29, 1.82) is 0 Å². The molecule has 0 bridgehead atoms. The van der Waals surface area contributed by atoms with E-state index in [1.165, 1.54) is 20.9 Å². The zero-order chi connectivity index (χ0) is 15.2. The minimum absolute atomic E-state index is 0.0892. The van der Waals surface area contributed by atoms with Crippen molar-refractivity contribution in [2.45, 2.75) is 20.0 Å². The summed E-state index contributed by atoms with van der Waals surface area (Å²) < 4.78 is 1.13. The van der Waals surface area contributed by atoms with Gasteiger partial charge in [0.25, 0.3) is 5.91 Å². The van der Waals surface area contributed by atoms with E-state index in [2.05, 4.69) is 46.4 Å². The highest BCUT2D eigenvalue weighted by molar-refractivity contribution is 9.11. The van der Waals surface area contributed by atoms with Gasteiger partial charge in [-0.2, -0.15) is 0 Å². The third-order valence-electron chi connectivity index (χ3n) is 3.30. The number of carbonyl (C=O) groups is 1. The number of quaternary nitrogens is 1. The van der Waals surface area contributed by atoms with Gasteiger partial charge in [0, 0.05) is 6.54 Å². The summed E-state index contributed by atoms with van der Waals surface area (Å²) in [5.41, 5.74) is 2.38. The van der Waals surface area contributed by atoms with E-state index in [1.54, 1.807) is 11.3 Å². The summed E-state index contributed by atoms with van der Waals surface area (Å²) in [5, 5.41) is 3.00. The van der Waals surface area contributed by atoms with Gasteiger partial charge in [0.1, 0.15) is 6.54 Å². The van der Waals surface area contributed by atoms with Gasteiger partial charge < -0.3 is 10.2 Å². The zero-order valence-electron chi connectivity index (χ0n) is 12.3. The Morgan fingerprint density at radius 3 is 2.71 bits per heavy atom. The van der Waals surface area contributed by atoms with E-state index in [-0.39, 0.29) is 5.91 Å². The molecule has 0 saturated carbocycles. The molecule has 1 heterocycles. The number of aryl methyl sites for hydroxylation is 1. The number of carbonyl (C=O) groups excluding carboxylic acids is 1. The quantitative estimate of drug-likeness (QED) is 0.805. The molecule has 0 radical (unpaired) electrons. The Morgan fingerprint density at radius 2 is 2.05 bits per heavy atom. The maximum atomic E-state index is 12.0. The third-order valence-corrected chi connectivity index (χ3v) is 4.93. The molecule has 2 N–H and O–H groups in total. The van der Waals surface area contributed by atoms with Crippen molar-refractivity contribution in [3.63, 3.8) is 0 Å². The molecule has 0 fully saturated rings. The molecule has 1 atom stereocenters. The Morgan fingerprint density at radius 1 is 1.29 bits per heavy atom. The highest BCUT2D eigenvalue weighted by atomic mass is 79.9. The zero-order valence-corrected chi connectivity index (χ0v) is 14.7. The first-order chi connectivity index (χ1) is 10.0. The number of likely N-dealkylation sites (N-methyl/N-ethyl adjacent to an activating group) is 1. The lowest BCUT2D eigenvalue weighted by Gasteiger charge is -2.13. The summed E-state index contributed by atoms with van der Waals surface area (Å²) in [6, 6.07) is 12.3. The second-order valence-corrected chi connectivity index (χ2v) is 7.77. The van der Waals surface area contributed by atoms with E-state index in [0.29, 0.717) is 13.1 Å². The van der Waals surface area contributed by atoms with Crippen LogP contribution in [0, 0.1) is 6.92 Å². The summed E-state index contributed by atoms with van der Waals surface area (Å²) in [6.45, 7) is 4.02. The second kappa shape index (κ2) is 7.73. The van der Waals surface area contributed by atoms with Gasteiger partial charge >= 0.3 is 0 Å². The van der Waals surface area contributed by atoms with Crippen molar-refractivity contribution in [1.82, 2.24) is 5.32 Å². The van der Waals surface area contributed by atoms with E-state index >= 15 is 0 Å². The van der Waals surface area contributed by atoms with Gasteiger partial charge in [0.05, 0.1) is 15.7 Å². The van der Waals surface area contributed by atoms with Crippen molar-refractivity contribution in [2.75, 3.05) is 13.6 Å². The molecule has 1 unspecified atom stereocenters. The van der Waals surface area contributed by atoms with Crippen LogP contribution in [0.5, 0.6) is 0 Å². The normalized spacial score (nSPS) is 12.1. The number of rotatable bonds is 6. The van der Waals surface area contributed by atoms with Gasteiger partial charge in [0.15, 0.2) is 6.54 Å². The van der Waals surface area contributed by atoms with Gasteiger partial charge in [-0.15, -0.1) is 11.3 Å². The van der Waals surface area contributed by atoms with Gasteiger partial charge in [0.2, 0.25) is 0 Å². The molecule has 5 heteroatoms. The maximum absolute atomic E-state index is 12.0. The molecule has 1 aromatic heterocycles. The molecular weight excluding hydrogens is 348 g/mol. The number of thiophene rings is 1. The summed E-state index contributed by atoms with van der Waals surface area (Å²) in [7, 11) is 2.04. The largest absolute Gasteiger partial charge is 0.347 e. The molecule has 1 aromatic carbocycles. The summed E-state index contributed by atoms with van der Waals surface area (Å²) in [5.74, 6) is 0.0892. The van der Waals surface area contributed by atoms with Crippen LogP contribution in [-0.2, 0) is 17.9 Å². The van der Waals surface area contributed by atoms with Gasteiger partial charge in [-0.05, 0) is 46.1 Å². The number of nitrogens with one attached hydrogen (secondary N) is 2. The second-order valence-electron chi connectivity index (χ2n) is 5.22. The van der Waals surface area contributed by atoms with E-state index in [9.17, 15) is 4.79 Å². The van der Waals surface area contributed by atoms with E-state index in [1.807, 2.05) is 25.2 Å². The van der Waals surface area contributed by atoms with E-state index in [4.69, 9.17) is 0 Å². The average molecular weight is 368 g/mol. The molecule has 3 nitrogen and oxygen atoms in total. The van der Waals surface area contributed by atoms with Crippen LogP contribution in [0.3, 0.4) is 0 Å². The molecule has 0 saturated heterocycles. The third kappa shape index (κ3) is 5.26. The monoisotopic (exact) mass is 367 g/mol. The van der Waals surface area contributed by atoms with Crippen LogP contribution in [0.2, 0.25) is 0 Å². The average Bonchev–Trinajstić information content (AvgIpc) is 2.83. The number of amides is 1. The fourth-order valence-electron chi connectivity index (χ4n) is 2.15. The highest BCUT2D eigenvalue weighted by Gasteiger charge is 2.11. The van der Waals surface area contributed by atoms with Crippen molar-refractivity contribution >= 4 is 33.2 Å². The van der Waals surface area contributed by atoms with Crippen LogP contribution in [0.25, 0.3) is 0 Å². The van der Waals surface area contributed by atoms with Gasteiger partial charge in [-0.3, -0.25) is 4.79 Å². The Kier molecular flexibility index (Phi) is 5.96. The maximum Gasteiger partial charge on any atom is 0.275 e. The number of hydrogen-bond donors (Lipinski definition) is 2. The molecule has 2 aromatic rings. The molecule has 0 aliphatic carbocycles. The Hall–Kier alpha value is -1.17. The Balaban J connectivity index is 1.77. The van der Waals surface area contributed by atoms with Gasteiger partial charge in [-0.25, -0.2) is 0 Å². The SMILES string of the molecule is Cc1ccccc1CNC(=O)C[NH+](C)Cc1ccc(Br)s1. The molecule has 1 amide bonds. The molecule has 112 valence electrons. The predicted octanol–water partition coefficient (Wildman–Crippen LogP) is 2.15. The fraction of sp³-hybridized carbons (Fsp3) is 0.312. The molecule has 0 aliphatic rings. The Bertz CT molecular complexity index is 612. The summed E-state index contributed by atoms with van der Waals surface area (Å²) in [4.78, 5) is 14.5. The van der Waals surface area contributed by atoms with Crippen LogP contribution in [0.15, 0.2) is 40.2 Å². The van der Waals surface area contributed by atoms with Crippen LogP contribution in [0.1, 0.15) is 16.0 Å². The number of halogens is 1. The first kappa shape index (κ1) is 16.2. The van der Waals surface area contributed by atoms with E-state index < -0.39 is 0 Å². The lowest BCUT2D eigenvalue weighted by molar-refractivity contribution is -0.885. The number of hydrogen-bond acceptors (Lipinski definition) is 2. The van der Waals surface area contributed by atoms with Crippen molar-refractivity contribution < 1.29 is 9.69 Å². The molecule has 21 heavy (non-hydrogen) atoms. The van der Waals surface area contributed by atoms with Crippen LogP contribution >= 0.6 is 27.3 Å². The Labute approximate surface area is 138 Å². The van der Waals surface area contributed by atoms with Crippen molar-refractivity contribution in [3.8, 4) is 0 Å². The first-order valence-corrected chi connectivity index (χ1v) is 8.52. The standard InChI is InChI=1S/C16H19BrN2OS/c1-12-5-3-4-6-13(12)9-18-16(20)11-19(2)10-14-7-8-15(17)21-14/h3-8H,9-11H2,1-2H3,(H,18,20)/p+1.